The van der Waals surface area contributed by atoms with Crippen molar-refractivity contribution in [3.8, 4) is 0 Å². The predicted molar refractivity (Wildman–Crippen MR) is 103 cm³/mol. The molecule has 3 N–H and O–H groups in total. The fourth-order valence-corrected chi connectivity index (χ4v) is 3.62. The Labute approximate surface area is 160 Å². The molecule has 0 amide bonds. The molecule has 1 aromatic heterocycles. The molecule has 7 nitrogen and oxygen atoms in total. The minimum absolute atomic E-state index is 0.0403. The van der Waals surface area contributed by atoms with Gasteiger partial charge in [0.15, 0.2) is 6.23 Å². The molecule has 142 valence electrons. The smallest absolute Gasteiger partial charge is 0.330 e. The van der Waals surface area contributed by atoms with E-state index in [1.54, 1.807) is 0 Å². The molecular formula is C17H27IN2O5. The van der Waals surface area contributed by atoms with Gasteiger partial charge in [0.1, 0.15) is 12.2 Å². The topological polar surface area (TPSA) is 105 Å². The van der Waals surface area contributed by atoms with Crippen LogP contribution in [0.25, 0.3) is 0 Å². The van der Waals surface area contributed by atoms with Crippen LogP contribution in [0.4, 0.5) is 0 Å². The zero-order valence-corrected chi connectivity index (χ0v) is 17.0. The van der Waals surface area contributed by atoms with Gasteiger partial charge < -0.3 is 14.9 Å². The molecule has 0 radical (unpaired) electrons. The third kappa shape index (κ3) is 4.35. The summed E-state index contributed by atoms with van der Waals surface area (Å²) in [6.45, 7) is 6.09. The van der Waals surface area contributed by atoms with Gasteiger partial charge in [0.2, 0.25) is 0 Å². The number of hydrogen-bond donors (Lipinski definition) is 3. The lowest BCUT2D eigenvalue weighted by molar-refractivity contribution is -0.0442. The third-order valence-corrected chi connectivity index (χ3v) is 6.97. The van der Waals surface area contributed by atoms with Crippen molar-refractivity contribution in [2.75, 3.05) is 0 Å². The summed E-state index contributed by atoms with van der Waals surface area (Å²) in [5, 5.41) is 20.8. The molecule has 4 atom stereocenters. The zero-order valence-electron chi connectivity index (χ0n) is 14.9. The van der Waals surface area contributed by atoms with E-state index in [0.29, 0.717) is 18.4 Å². The number of aromatic amines is 1. The number of aryl methyl sites for hydroxylation is 1. The zero-order chi connectivity index (χ0) is 18.8. The van der Waals surface area contributed by atoms with E-state index in [9.17, 15) is 19.8 Å². The molecule has 8 heteroatoms. The Morgan fingerprint density at radius 1 is 1.24 bits per heavy atom. The lowest BCUT2D eigenvalue weighted by atomic mass is 9.93. The van der Waals surface area contributed by atoms with Crippen molar-refractivity contribution in [2.45, 2.75) is 80.8 Å². The summed E-state index contributed by atoms with van der Waals surface area (Å²) in [6.07, 6.45) is 1.24. The monoisotopic (exact) mass is 466 g/mol. The van der Waals surface area contributed by atoms with Crippen LogP contribution in [0.1, 0.15) is 58.2 Å². The quantitative estimate of drug-likeness (QED) is 0.418. The van der Waals surface area contributed by atoms with Crippen LogP contribution in [0.5, 0.6) is 0 Å². The first-order valence-electron chi connectivity index (χ1n) is 8.81. The number of rotatable bonds is 7. The Kier molecular flexibility index (Phi) is 6.86. The molecule has 1 saturated heterocycles. The molecule has 1 fully saturated rings. The number of aliphatic hydroxyl groups excluding tert-OH is 2. The van der Waals surface area contributed by atoms with E-state index >= 15 is 0 Å². The van der Waals surface area contributed by atoms with Gasteiger partial charge in [0, 0.05) is 15.2 Å². The SMILES string of the molecule is CCCc1cn(C2O[C@H](CC(I)(CC)CC)[C@@H](O)[C@H]2O)c(=O)[nH]c1=O. The van der Waals surface area contributed by atoms with E-state index in [0.717, 1.165) is 19.3 Å². The van der Waals surface area contributed by atoms with E-state index in [-0.39, 0.29) is 3.42 Å². The fraction of sp³-hybridized carbons (Fsp3) is 0.765. The Balaban J connectivity index is 2.31. The summed E-state index contributed by atoms with van der Waals surface area (Å²) < 4.78 is 7.01. The summed E-state index contributed by atoms with van der Waals surface area (Å²) >= 11 is 2.37. The second kappa shape index (κ2) is 8.32. The van der Waals surface area contributed by atoms with Gasteiger partial charge in [-0.3, -0.25) is 14.3 Å². The van der Waals surface area contributed by atoms with Crippen LogP contribution in [-0.2, 0) is 11.2 Å². The second-order valence-corrected chi connectivity index (χ2v) is 8.97. The average Bonchev–Trinajstić information content (AvgIpc) is 2.85. The van der Waals surface area contributed by atoms with E-state index in [1.165, 1.54) is 10.8 Å². The summed E-state index contributed by atoms with van der Waals surface area (Å²) in [6, 6.07) is 0. The number of halogens is 1. The highest BCUT2D eigenvalue weighted by atomic mass is 127. The second-order valence-electron chi connectivity index (χ2n) is 6.68. The molecule has 1 aliphatic heterocycles. The summed E-state index contributed by atoms with van der Waals surface area (Å²) in [7, 11) is 0. The number of aromatic nitrogens is 2. The molecule has 0 saturated carbocycles. The van der Waals surface area contributed by atoms with Gasteiger partial charge in [-0.05, 0) is 25.7 Å². The molecule has 2 heterocycles. The molecule has 0 spiro atoms. The van der Waals surface area contributed by atoms with E-state index in [1.807, 2.05) is 6.92 Å². The molecular weight excluding hydrogens is 439 g/mol. The normalized spacial score (nSPS) is 27.0. The van der Waals surface area contributed by atoms with Gasteiger partial charge in [-0.1, -0.05) is 49.8 Å². The van der Waals surface area contributed by atoms with Crippen LogP contribution in [0, 0.1) is 0 Å². The molecule has 1 unspecified atom stereocenters. The minimum Gasteiger partial charge on any atom is -0.388 e. The number of alkyl halides is 1. The summed E-state index contributed by atoms with van der Waals surface area (Å²) in [4.78, 5) is 26.3. The molecule has 25 heavy (non-hydrogen) atoms. The average molecular weight is 466 g/mol. The number of H-pyrrole nitrogens is 1. The molecule has 0 aromatic carbocycles. The Morgan fingerprint density at radius 2 is 1.88 bits per heavy atom. The maximum atomic E-state index is 12.2. The maximum Gasteiger partial charge on any atom is 0.330 e. The lowest BCUT2D eigenvalue weighted by Crippen LogP contribution is -2.39. The van der Waals surface area contributed by atoms with Gasteiger partial charge in [-0.25, -0.2) is 4.79 Å². The maximum absolute atomic E-state index is 12.2. The minimum atomic E-state index is -1.22. The van der Waals surface area contributed by atoms with Crippen molar-refractivity contribution in [3.63, 3.8) is 0 Å². The Hall–Kier alpha value is -0.710. The first kappa shape index (κ1) is 20.6. The molecule has 2 rings (SSSR count). The third-order valence-electron chi connectivity index (χ3n) is 5.01. The number of ether oxygens (including phenoxy) is 1. The van der Waals surface area contributed by atoms with Crippen molar-refractivity contribution < 1.29 is 14.9 Å². The van der Waals surface area contributed by atoms with Crippen LogP contribution >= 0.6 is 22.6 Å². The first-order chi connectivity index (χ1) is 11.8. The predicted octanol–water partition coefficient (Wildman–Crippen LogP) is 1.49. The number of nitrogens with one attached hydrogen (secondary N) is 1. The lowest BCUT2D eigenvalue weighted by Gasteiger charge is -2.28. The standard InChI is InChI=1S/C17H27IN2O5/c1-4-7-10-9-20(16(24)19-14(10)23)15-13(22)12(21)11(25-15)8-17(18,5-2)6-3/h9,11-13,15,21-22H,4-8H2,1-3H3,(H,19,23,24)/t11-,12-,13-,15?/m1/s1. The first-order valence-corrected chi connectivity index (χ1v) is 9.89. The van der Waals surface area contributed by atoms with Gasteiger partial charge in [0.05, 0.1) is 6.10 Å². The van der Waals surface area contributed by atoms with Crippen LogP contribution in [0.2, 0.25) is 0 Å². The Bertz CT molecular complexity index is 697. The highest BCUT2D eigenvalue weighted by Gasteiger charge is 2.46. The largest absolute Gasteiger partial charge is 0.388 e. The van der Waals surface area contributed by atoms with E-state index in [2.05, 4.69) is 41.4 Å². The highest BCUT2D eigenvalue weighted by molar-refractivity contribution is 14.1. The van der Waals surface area contributed by atoms with Crippen molar-refractivity contribution in [1.29, 1.82) is 0 Å². The number of aliphatic hydroxyl groups is 2. The molecule has 1 aliphatic rings. The van der Waals surface area contributed by atoms with Crippen LogP contribution in [0.15, 0.2) is 15.8 Å². The van der Waals surface area contributed by atoms with Crippen LogP contribution in [0.3, 0.4) is 0 Å². The van der Waals surface area contributed by atoms with E-state index < -0.39 is 35.8 Å². The fourth-order valence-electron chi connectivity index (χ4n) is 3.19. The van der Waals surface area contributed by atoms with Crippen molar-refractivity contribution in [1.82, 2.24) is 9.55 Å². The Morgan fingerprint density at radius 3 is 2.44 bits per heavy atom. The summed E-state index contributed by atoms with van der Waals surface area (Å²) in [5.41, 5.74) is -0.606. The van der Waals surface area contributed by atoms with Crippen molar-refractivity contribution in [2.24, 2.45) is 0 Å². The molecule has 1 aromatic rings. The van der Waals surface area contributed by atoms with Crippen molar-refractivity contribution >= 4 is 22.6 Å². The van der Waals surface area contributed by atoms with Gasteiger partial charge in [0.25, 0.3) is 5.56 Å². The summed E-state index contributed by atoms with van der Waals surface area (Å²) in [5.74, 6) is 0. The van der Waals surface area contributed by atoms with Crippen LogP contribution in [-0.4, -0.2) is 41.5 Å². The van der Waals surface area contributed by atoms with Gasteiger partial charge in [-0.15, -0.1) is 0 Å². The van der Waals surface area contributed by atoms with Crippen LogP contribution < -0.4 is 11.2 Å². The number of hydrogen-bond acceptors (Lipinski definition) is 5. The highest BCUT2D eigenvalue weighted by Crippen LogP contribution is 2.39. The molecule has 0 bridgehead atoms. The molecule has 0 aliphatic carbocycles. The number of nitrogens with zero attached hydrogens (tertiary/aromatic N) is 1. The van der Waals surface area contributed by atoms with Gasteiger partial charge in [-0.2, -0.15) is 0 Å². The van der Waals surface area contributed by atoms with E-state index in [4.69, 9.17) is 4.74 Å². The van der Waals surface area contributed by atoms with Crippen molar-refractivity contribution in [3.05, 3.63) is 32.6 Å². The van der Waals surface area contributed by atoms with Gasteiger partial charge >= 0.3 is 5.69 Å².